The molecule has 82 valence electrons. The van der Waals surface area contributed by atoms with Crippen LogP contribution in [-0.4, -0.2) is 26.2 Å². The SMILES string of the molecule is COC(=O)CC(C)CC1CCCNC1. The zero-order valence-electron chi connectivity index (χ0n) is 9.21. The van der Waals surface area contributed by atoms with Gasteiger partial charge in [0, 0.05) is 6.42 Å². The number of methoxy groups -OCH3 is 1. The fourth-order valence-corrected chi connectivity index (χ4v) is 2.15. The van der Waals surface area contributed by atoms with Gasteiger partial charge < -0.3 is 10.1 Å². The second-order valence-electron chi connectivity index (χ2n) is 4.33. The van der Waals surface area contributed by atoms with Crippen LogP contribution in [0.15, 0.2) is 0 Å². The lowest BCUT2D eigenvalue weighted by atomic mass is 9.88. The van der Waals surface area contributed by atoms with E-state index in [-0.39, 0.29) is 5.97 Å². The predicted molar refractivity (Wildman–Crippen MR) is 56.0 cm³/mol. The van der Waals surface area contributed by atoms with Crippen molar-refractivity contribution in [2.75, 3.05) is 20.2 Å². The Balaban J connectivity index is 2.18. The smallest absolute Gasteiger partial charge is 0.305 e. The van der Waals surface area contributed by atoms with E-state index in [1.54, 1.807) is 0 Å². The fraction of sp³-hybridized carbons (Fsp3) is 0.909. The molecule has 0 aliphatic carbocycles. The molecule has 0 spiro atoms. The van der Waals surface area contributed by atoms with Crippen molar-refractivity contribution in [3.63, 3.8) is 0 Å². The quantitative estimate of drug-likeness (QED) is 0.698. The van der Waals surface area contributed by atoms with Crippen molar-refractivity contribution < 1.29 is 9.53 Å². The Kier molecular flexibility index (Phi) is 4.94. The molecule has 2 unspecified atom stereocenters. The first-order chi connectivity index (χ1) is 6.72. The monoisotopic (exact) mass is 199 g/mol. The van der Waals surface area contributed by atoms with E-state index in [0.717, 1.165) is 25.4 Å². The third-order valence-electron chi connectivity index (χ3n) is 2.88. The summed E-state index contributed by atoms with van der Waals surface area (Å²) in [6, 6.07) is 0. The van der Waals surface area contributed by atoms with Gasteiger partial charge in [0.25, 0.3) is 0 Å². The average Bonchev–Trinajstić information content (AvgIpc) is 2.19. The first kappa shape index (κ1) is 11.5. The van der Waals surface area contributed by atoms with Crippen LogP contribution >= 0.6 is 0 Å². The molecule has 1 fully saturated rings. The summed E-state index contributed by atoms with van der Waals surface area (Å²) in [4.78, 5) is 11.0. The van der Waals surface area contributed by atoms with E-state index in [0.29, 0.717) is 12.3 Å². The van der Waals surface area contributed by atoms with Crippen molar-refractivity contribution in [2.24, 2.45) is 11.8 Å². The van der Waals surface area contributed by atoms with Crippen molar-refractivity contribution in [2.45, 2.75) is 32.6 Å². The van der Waals surface area contributed by atoms with Crippen molar-refractivity contribution >= 4 is 5.97 Å². The molecule has 0 amide bonds. The summed E-state index contributed by atoms with van der Waals surface area (Å²) in [5.74, 6) is 1.12. The van der Waals surface area contributed by atoms with Gasteiger partial charge in [0.15, 0.2) is 0 Å². The first-order valence-corrected chi connectivity index (χ1v) is 5.50. The first-order valence-electron chi connectivity index (χ1n) is 5.50. The number of piperidine rings is 1. The summed E-state index contributed by atoms with van der Waals surface area (Å²) in [6.45, 7) is 4.40. The van der Waals surface area contributed by atoms with Crippen molar-refractivity contribution in [3.05, 3.63) is 0 Å². The largest absolute Gasteiger partial charge is 0.469 e. The molecule has 1 aliphatic heterocycles. The predicted octanol–water partition coefficient (Wildman–Crippen LogP) is 1.58. The molecule has 2 atom stereocenters. The Morgan fingerprint density at radius 2 is 2.43 bits per heavy atom. The molecule has 0 aromatic carbocycles. The van der Waals surface area contributed by atoms with Gasteiger partial charge in [-0.15, -0.1) is 0 Å². The minimum atomic E-state index is -0.0822. The highest BCUT2D eigenvalue weighted by Crippen LogP contribution is 2.21. The second kappa shape index (κ2) is 6.02. The van der Waals surface area contributed by atoms with Crippen molar-refractivity contribution in [3.8, 4) is 0 Å². The number of hydrogen-bond donors (Lipinski definition) is 1. The summed E-state index contributed by atoms with van der Waals surface area (Å²) < 4.78 is 4.66. The molecular formula is C11H21NO2. The summed E-state index contributed by atoms with van der Waals surface area (Å²) in [5, 5.41) is 3.39. The van der Waals surface area contributed by atoms with Crippen molar-refractivity contribution in [1.82, 2.24) is 5.32 Å². The van der Waals surface area contributed by atoms with Crippen LogP contribution in [-0.2, 0) is 9.53 Å². The molecule has 3 heteroatoms. The molecule has 0 aromatic heterocycles. The maximum Gasteiger partial charge on any atom is 0.305 e. The molecule has 1 saturated heterocycles. The van der Waals surface area contributed by atoms with Gasteiger partial charge in [-0.1, -0.05) is 6.92 Å². The van der Waals surface area contributed by atoms with Gasteiger partial charge in [-0.3, -0.25) is 4.79 Å². The Morgan fingerprint density at radius 3 is 3.00 bits per heavy atom. The number of rotatable bonds is 4. The van der Waals surface area contributed by atoms with E-state index >= 15 is 0 Å². The summed E-state index contributed by atoms with van der Waals surface area (Å²) in [5.41, 5.74) is 0. The number of hydrogen-bond acceptors (Lipinski definition) is 3. The number of esters is 1. The molecule has 3 nitrogen and oxygen atoms in total. The van der Waals surface area contributed by atoms with E-state index in [9.17, 15) is 4.79 Å². The molecule has 0 saturated carbocycles. The van der Waals surface area contributed by atoms with Gasteiger partial charge in [0.1, 0.15) is 0 Å². The number of carbonyl (C=O) groups is 1. The summed E-state index contributed by atoms with van der Waals surface area (Å²) in [6.07, 6.45) is 4.28. The van der Waals surface area contributed by atoms with Gasteiger partial charge >= 0.3 is 5.97 Å². The Bertz CT molecular complexity index is 176. The van der Waals surface area contributed by atoms with E-state index in [2.05, 4.69) is 17.0 Å². The number of nitrogens with one attached hydrogen (secondary N) is 1. The molecule has 14 heavy (non-hydrogen) atoms. The number of ether oxygens (including phenoxy) is 1. The van der Waals surface area contributed by atoms with Gasteiger partial charge in [0.05, 0.1) is 7.11 Å². The third-order valence-corrected chi connectivity index (χ3v) is 2.88. The Morgan fingerprint density at radius 1 is 1.64 bits per heavy atom. The fourth-order valence-electron chi connectivity index (χ4n) is 2.15. The van der Waals surface area contributed by atoms with E-state index < -0.39 is 0 Å². The van der Waals surface area contributed by atoms with Gasteiger partial charge in [-0.05, 0) is 44.2 Å². The standard InChI is InChI=1S/C11H21NO2/c1-9(7-11(13)14-2)6-10-4-3-5-12-8-10/h9-10,12H,3-8H2,1-2H3. The second-order valence-corrected chi connectivity index (χ2v) is 4.33. The highest BCUT2D eigenvalue weighted by Gasteiger charge is 2.17. The normalized spacial score (nSPS) is 24.3. The molecule has 1 heterocycles. The zero-order valence-corrected chi connectivity index (χ0v) is 9.21. The lowest BCUT2D eigenvalue weighted by molar-refractivity contribution is -0.141. The Hall–Kier alpha value is -0.570. The highest BCUT2D eigenvalue weighted by molar-refractivity contribution is 5.69. The molecule has 0 radical (unpaired) electrons. The minimum absolute atomic E-state index is 0.0822. The van der Waals surface area contributed by atoms with E-state index in [1.807, 2.05) is 0 Å². The van der Waals surface area contributed by atoms with Crippen LogP contribution in [0.4, 0.5) is 0 Å². The maximum absolute atomic E-state index is 11.0. The summed E-state index contributed by atoms with van der Waals surface area (Å²) in [7, 11) is 1.46. The van der Waals surface area contributed by atoms with Crippen LogP contribution in [0, 0.1) is 11.8 Å². The molecule has 1 aliphatic rings. The average molecular weight is 199 g/mol. The lowest BCUT2D eigenvalue weighted by Crippen LogP contribution is -2.30. The van der Waals surface area contributed by atoms with Crippen LogP contribution in [0.5, 0.6) is 0 Å². The summed E-state index contributed by atoms with van der Waals surface area (Å²) >= 11 is 0. The van der Waals surface area contributed by atoms with Gasteiger partial charge in [-0.25, -0.2) is 0 Å². The molecule has 0 aromatic rings. The van der Waals surface area contributed by atoms with Crippen LogP contribution in [0.3, 0.4) is 0 Å². The van der Waals surface area contributed by atoms with Crippen LogP contribution in [0.2, 0.25) is 0 Å². The van der Waals surface area contributed by atoms with Crippen molar-refractivity contribution in [1.29, 1.82) is 0 Å². The number of carbonyl (C=O) groups excluding carboxylic acids is 1. The van der Waals surface area contributed by atoms with E-state index in [4.69, 9.17) is 0 Å². The zero-order chi connectivity index (χ0) is 10.4. The maximum atomic E-state index is 11.0. The minimum Gasteiger partial charge on any atom is -0.469 e. The molecule has 1 rings (SSSR count). The van der Waals surface area contributed by atoms with Crippen LogP contribution in [0.1, 0.15) is 32.6 Å². The topological polar surface area (TPSA) is 38.3 Å². The molecule has 1 N–H and O–H groups in total. The van der Waals surface area contributed by atoms with Crippen LogP contribution < -0.4 is 5.32 Å². The molecule has 0 bridgehead atoms. The van der Waals surface area contributed by atoms with Crippen LogP contribution in [0.25, 0.3) is 0 Å². The molecular weight excluding hydrogens is 178 g/mol. The Labute approximate surface area is 86.2 Å². The third kappa shape index (κ3) is 4.09. The van der Waals surface area contributed by atoms with Gasteiger partial charge in [-0.2, -0.15) is 0 Å². The van der Waals surface area contributed by atoms with Gasteiger partial charge in [0.2, 0.25) is 0 Å². The highest BCUT2D eigenvalue weighted by atomic mass is 16.5. The van der Waals surface area contributed by atoms with E-state index in [1.165, 1.54) is 20.0 Å². The lowest BCUT2D eigenvalue weighted by Gasteiger charge is -2.25.